The first-order valence-electron chi connectivity index (χ1n) is 5.04. The van der Waals surface area contributed by atoms with Crippen molar-refractivity contribution in [2.45, 2.75) is 13.0 Å². The molecular formula is C11H14N2O3. The summed E-state index contributed by atoms with van der Waals surface area (Å²) in [5.74, 6) is -0.367. The normalized spacial score (nSPS) is 19.1. The van der Waals surface area contributed by atoms with E-state index in [4.69, 9.17) is 4.74 Å². The lowest BCUT2D eigenvalue weighted by Gasteiger charge is -2.13. The topological polar surface area (TPSA) is 67.8 Å². The van der Waals surface area contributed by atoms with Gasteiger partial charge in [0.05, 0.1) is 12.6 Å². The fourth-order valence-corrected chi connectivity index (χ4v) is 1.19. The van der Waals surface area contributed by atoms with E-state index in [2.05, 4.69) is 10.5 Å². The van der Waals surface area contributed by atoms with Crippen molar-refractivity contribution in [3.05, 3.63) is 41.0 Å². The Balaban J connectivity index is 2.44. The molecule has 1 unspecified atom stereocenters. The number of rotatable bonds is 5. The van der Waals surface area contributed by atoms with Crippen LogP contribution in [0.4, 0.5) is 0 Å². The second-order valence-electron chi connectivity index (χ2n) is 3.17. The molecule has 0 aromatic heterocycles. The maximum Gasteiger partial charge on any atom is 0.330 e. The molecule has 0 radical (unpaired) electrons. The van der Waals surface area contributed by atoms with Crippen LogP contribution in [-0.4, -0.2) is 25.2 Å². The van der Waals surface area contributed by atoms with Gasteiger partial charge in [0.1, 0.15) is 6.54 Å². The maximum atomic E-state index is 11.0. The number of esters is 1. The summed E-state index contributed by atoms with van der Waals surface area (Å²) in [6.07, 6.45) is 8.38. The van der Waals surface area contributed by atoms with Gasteiger partial charge in [-0.05, 0) is 18.6 Å². The molecule has 1 aliphatic rings. The predicted molar refractivity (Wildman–Crippen MR) is 60.6 cm³/mol. The molecule has 5 nitrogen and oxygen atoms in total. The first kappa shape index (κ1) is 12.2. The molecular weight excluding hydrogens is 208 g/mol. The highest BCUT2D eigenvalue weighted by Gasteiger charge is 2.06. The van der Waals surface area contributed by atoms with Gasteiger partial charge in [0.2, 0.25) is 0 Å². The monoisotopic (exact) mass is 222 g/mol. The number of hydrogen-bond donors (Lipinski definition) is 1. The minimum atomic E-state index is -0.367. The summed E-state index contributed by atoms with van der Waals surface area (Å²) in [6.45, 7) is 2.31. The van der Waals surface area contributed by atoms with Crippen molar-refractivity contribution in [3.63, 3.8) is 0 Å². The van der Waals surface area contributed by atoms with E-state index in [0.717, 1.165) is 5.57 Å². The predicted octanol–water partition coefficient (Wildman–Crippen LogP) is 1.28. The van der Waals surface area contributed by atoms with E-state index in [-0.39, 0.29) is 18.6 Å². The number of hydrogen-bond acceptors (Lipinski definition) is 5. The van der Waals surface area contributed by atoms with Gasteiger partial charge in [0.25, 0.3) is 0 Å². The van der Waals surface area contributed by atoms with Crippen molar-refractivity contribution >= 4 is 5.97 Å². The van der Waals surface area contributed by atoms with E-state index >= 15 is 0 Å². The van der Waals surface area contributed by atoms with Crippen LogP contribution < -0.4 is 5.32 Å². The Hall–Kier alpha value is -1.91. The molecule has 0 amide bonds. The fourth-order valence-electron chi connectivity index (χ4n) is 1.19. The van der Waals surface area contributed by atoms with E-state index < -0.39 is 0 Å². The number of dihydropyridines is 1. The van der Waals surface area contributed by atoms with Crippen molar-refractivity contribution in [1.29, 1.82) is 0 Å². The highest BCUT2D eigenvalue weighted by atomic mass is 16.5. The summed E-state index contributed by atoms with van der Waals surface area (Å²) in [5, 5.41) is 5.78. The summed E-state index contributed by atoms with van der Waals surface area (Å²) < 4.78 is 4.74. The van der Waals surface area contributed by atoms with Crippen molar-refractivity contribution in [3.8, 4) is 0 Å². The lowest BCUT2D eigenvalue weighted by Crippen LogP contribution is -2.27. The van der Waals surface area contributed by atoms with Gasteiger partial charge in [-0.15, -0.1) is 0 Å². The molecule has 5 heteroatoms. The third-order valence-corrected chi connectivity index (χ3v) is 1.95. The fraction of sp³-hybridized carbons (Fsp3) is 0.364. The molecule has 1 rings (SSSR count). The van der Waals surface area contributed by atoms with E-state index in [1.165, 1.54) is 6.08 Å². The lowest BCUT2D eigenvalue weighted by molar-refractivity contribution is -0.137. The molecule has 0 aromatic carbocycles. The minimum Gasteiger partial charge on any atom is -0.463 e. The summed E-state index contributed by atoms with van der Waals surface area (Å²) in [6, 6.07) is -0.0581. The van der Waals surface area contributed by atoms with Gasteiger partial charge in [0.15, 0.2) is 0 Å². The maximum absolute atomic E-state index is 11.0. The van der Waals surface area contributed by atoms with E-state index in [0.29, 0.717) is 6.61 Å². The molecule has 1 atom stereocenters. The Bertz CT molecular complexity index is 345. The third-order valence-electron chi connectivity index (χ3n) is 1.95. The molecule has 86 valence electrons. The summed E-state index contributed by atoms with van der Waals surface area (Å²) in [5.41, 5.74) is 0.843. The Morgan fingerprint density at radius 2 is 2.50 bits per heavy atom. The number of nitrogens with one attached hydrogen (secondary N) is 1. The summed E-state index contributed by atoms with van der Waals surface area (Å²) in [4.78, 5) is 21.0. The van der Waals surface area contributed by atoms with Crippen molar-refractivity contribution in [2.75, 3.05) is 13.2 Å². The van der Waals surface area contributed by atoms with Crippen LogP contribution >= 0.6 is 0 Å². The molecule has 0 saturated carbocycles. The molecule has 0 spiro atoms. The molecule has 0 saturated heterocycles. The minimum absolute atomic E-state index is 0.0581. The van der Waals surface area contributed by atoms with Gasteiger partial charge in [-0.2, -0.15) is 4.91 Å². The number of allylic oxidation sites excluding steroid dienone is 3. The number of nitroso groups, excluding NO2 is 1. The van der Waals surface area contributed by atoms with Crippen LogP contribution in [0.1, 0.15) is 6.92 Å². The zero-order valence-electron chi connectivity index (χ0n) is 9.05. The van der Waals surface area contributed by atoms with Crippen molar-refractivity contribution < 1.29 is 9.53 Å². The van der Waals surface area contributed by atoms with Gasteiger partial charge in [-0.3, -0.25) is 0 Å². The van der Waals surface area contributed by atoms with Gasteiger partial charge in [0, 0.05) is 12.3 Å². The average molecular weight is 222 g/mol. The number of carbonyl (C=O) groups is 1. The number of nitrogens with zero attached hydrogens (tertiary/aromatic N) is 1. The first-order chi connectivity index (χ1) is 7.76. The number of ether oxygens (including phenoxy) is 1. The van der Waals surface area contributed by atoms with E-state index in [9.17, 15) is 9.70 Å². The second-order valence-corrected chi connectivity index (χ2v) is 3.17. The first-order valence-corrected chi connectivity index (χ1v) is 5.04. The van der Waals surface area contributed by atoms with Crippen LogP contribution in [0, 0.1) is 4.91 Å². The number of carbonyl (C=O) groups excluding carboxylic acids is 1. The Labute approximate surface area is 93.8 Å². The molecule has 0 fully saturated rings. The van der Waals surface area contributed by atoms with Crippen LogP contribution in [0.2, 0.25) is 0 Å². The van der Waals surface area contributed by atoms with E-state index in [1.54, 1.807) is 19.2 Å². The van der Waals surface area contributed by atoms with Gasteiger partial charge in [-0.1, -0.05) is 17.3 Å². The summed E-state index contributed by atoms with van der Waals surface area (Å²) >= 11 is 0. The van der Waals surface area contributed by atoms with Crippen LogP contribution in [0.5, 0.6) is 0 Å². The zero-order valence-corrected chi connectivity index (χ0v) is 9.05. The molecule has 16 heavy (non-hydrogen) atoms. The quantitative estimate of drug-likeness (QED) is 0.432. The van der Waals surface area contributed by atoms with Crippen LogP contribution in [0.25, 0.3) is 0 Å². The van der Waals surface area contributed by atoms with Crippen LogP contribution in [0.3, 0.4) is 0 Å². The average Bonchev–Trinajstić information content (AvgIpc) is 2.29. The largest absolute Gasteiger partial charge is 0.463 e. The molecule has 1 aliphatic heterocycles. The SMILES string of the molecule is CCOC(=O)/C=C/C1=CNC(CN=O)C=C1. The van der Waals surface area contributed by atoms with Gasteiger partial charge in [-0.25, -0.2) is 4.79 Å². The van der Waals surface area contributed by atoms with E-state index in [1.807, 2.05) is 12.2 Å². The zero-order chi connectivity index (χ0) is 11.8. The molecule has 0 bridgehead atoms. The molecule has 0 aromatic rings. The van der Waals surface area contributed by atoms with Crippen LogP contribution in [0.15, 0.2) is 41.3 Å². The standard InChI is InChI=1S/C11H14N2O3/c1-2-16-11(14)6-4-9-3-5-10(8-13-15)12-7-9/h3-7,10,12H,2,8H2,1H3/b6-4+. The molecule has 0 aliphatic carbocycles. The van der Waals surface area contributed by atoms with Gasteiger partial charge >= 0.3 is 5.97 Å². The van der Waals surface area contributed by atoms with Gasteiger partial charge < -0.3 is 10.1 Å². The van der Waals surface area contributed by atoms with Crippen LogP contribution in [-0.2, 0) is 9.53 Å². The Kier molecular flexibility index (Phi) is 4.98. The lowest BCUT2D eigenvalue weighted by atomic mass is 10.1. The second kappa shape index (κ2) is 6.55. The molecule has 1 N–H and O–H groups in total. The third kappa shape index (κ3) is 4.08. The Morgan fingerprint density at radius 1 is 1.69 bits per heavy atom. The Morgan fingerprint density at radius 3 is 3.06 bits per heavy atom. The van der Waals surface area contributed by atoms with Crippen molar-refractivity contribution in [2.24, 2.45) is 5.18 Å². The smallest absolute Gasteiger partial charge is 0.330 e. The highest BCUT2D eigenvalue weighted by molar-refractivity contribution is 5.82. The molecule has 1 heterocycles. The van der Waals surface area contributed by atoms with Crippen molar-refractivity contribution in [1.82, 2.24) is 5.32 Å². The summed E-state index contributed by atoms with van der Waals surface area (Å²) in [7, 11) is 0. The highest BCUT2D eigenvalue weighted by Crippen LogP contribution is 2.06.